The average Bonchev–Trinajstić information content (AvgIpc) is 2.94. The number of fused-ring (bicyclic) bond motifs is 1. The first-order chi connectivity index (χ1) is 10.2. The minimum Gasteiger partial charge on any atom is -0.377 e. The third kappa shape index (κ3) is 4.86. The van der Waals surface area contributed by atoms with Crippen LogP contribution in [-0.4, -0.2) is 40.9 Å². The van der Waals surface area contributed by atoms with E-state index in [9.17, 15) is 0 Å². The third-order valence-electron chi connectivity index (χ3n) is 2.85. The van der Waals surface area contributed by atoms with E-state index in [1.54, 1.807) is 64.1 Å². The summed E-state index contributed by atoms with van der Waals surface area (Å²) in [5.41, 5.74) is 1.07. The van der Waals surface area contributed by atoms with Crippen LogP contribution in [0, 0.1) is 0 Å². The molecule has 0 fully saturated rings. The maximum absolute atomic E-state index is 5.40. The van der Waals surface area contributed by atoms with Crippen LogP contribution in [0.15, 0.2) is 28.6 Å². The lowest BCUT2D eigenvalue weighted by Crippen LogP contribution is -2.43. The number of rotatable bonds is 9. The van der Waals surface area contributed by atoms with Crippen molar-refractivity contribution < 1.29 is 13.3 Å². The molecule has 0 aliphatic heterocycles. The van der Waals surface area contributed by atoms with Gasteiger partial charge in [0.1, 0.15) is 0 Å². The predicted octanol–water partition coefficient (Wildman–Crippen LogP) is 4.56. The number of aromatic nitrogens is 1. The van der Waals surface area contributed by atoms with Gasteiger partial charge in [0.05, 0.1) is 10.2 Å². The van der Waals surface area contributed by atoms with Crippen molar-refractivity contribution in [3.8, 4) is 0 Å². The van der Waals surface area contributed by atoms with Crippen LogP contribution in [0.3, 0.4) is 0 Å². The maximum Gasteiger partial charge on any atom is 0.501 e. The van der Waals surface area contributed by atoms with Gasteiger partial charge < -0.3 is 13.3 Å². The standard InChI is InChI=1S/C12H17NO3S4Si/c1-14-21(15-2,16-3)9-8-17-20-19-12-13-10-6-4-5-7-11(10)18-12/h4-7H,8-9H2,1-3H3. The van der Waals surface area contributed by atoms with E-state index in [1.807, 2.05) is 18.2 Å². The second kappa shape index (κ2) is 8.78. The molecule has 21 heavy (non-hydrogen) atoms. The van der Waals surface area contributed by atoms with E-state index >= 15 is 0 Å². The monoisotopic (exact) mass is 379 g/mol. The summed E-state index contributed by atoms with van der Waals surface area (Å²) in [5, 5.41) is 0. The van der Waals surface area contributed by atoms with Crippen molar-refractivity contribution in [2.45, 2.75) is 10.4 Å². The van der Waals surface area contributed by atoms with E-state index in [4.69, 9.17) is 13.3 Å². The van der Waals surface area contributed by atoms with Gasteiger partial charge in [0.2, 0.25) is 0 Å². The molecule has 0 saturated heterocycles. The summed E-state index contributed by atoms with van der Waals surface area (Å²) in [6, 6.07) is 9.01. The van der Waals surface area contributed by atoms with Gasteiger partial charge in [-0.2, -0.15) is 0 Å². The minimum absolute atomic E-state index is 0.800. The Labute approximate surface area is 141 Å². The van der Waals surface area contributed by atoms with Crippen LogP contribution in [0.1, 0.15) is 0 Å². The van der Waals surface area contributed by atoms with Crippen LogP contribution in [0.25, 0.3) is 10.2 Å². The Morgan fingerprint density at radius 1 is 1.14 bits per heavy atom. The van der Waals surface area contributed by atoms with E-state index in [0.29, 0.717) is 0 Å². The summed E-state index contributed by atoms with van der Waals surface area (Å²) >= 11 is 1.73. The quantitative estimate of drug-likeness (QED) is 0.359. The molecule has 9 heteroatoms. The molecule has 1 aromatic heterocycles. The third-order valence-corrected chi connectivity index (χ3v) is 11.3. The lowest BCUT2D eigenvalue weighted by Gasteiger charge is -2.23. The van der Waals surface area contributed by atoms with Crippen LogP contribution >= 0.6 is 42.8 Å². The first kappa shape index (κ1) is 17.6. The normalized spacial score (nSPS) is 12.1. The molecule has 1 heterocycles. The van der Waals surface area contributed by atoms with Gasteiger partial charge in [-0.25, -0.2) is 4.98 Å². The Bertz CT molecular complexity index is 523. The summed E-state index contributed by atoms with van der Waals surface area (Å²) < 4.78 is 18.5. The molecule has 4 nitrogen and oxygen atoms in total. The lowest BCUT2D eigenvalue weighted by atomic mass is 10.3. The van der Waals surface area contributed by atoms with Crippen LogP contribution in [0.4, 0.5) is 0 Å². The highest BCUT2D eigenvalue weighted by Gasteiger charge is 2.37. The Kier molecular flexibility index (Phi) is 7.36. The summed E-state index contributed by atoms with van der Waals surface area (Å²) in [5.74, 6) is 0.921. The first-order valence-electron chi connectivity index (χ1n) is 6.20. The molecule has 0 radical (unpaired) electrons. The zero-order valence-corrected chi connectivity index (χ0v) is 16.3. The molecular formula is C12H17NO3S4Si. The highest BCUT2D eigenvalue weighted by atomic mass is 33.5. The predicted molar refractivity (Wildman–Crippen MR) is 97.1 cm³/mol. The molecule has 0 aliphatic carbocycles. The van der Waals surface area contributed by atoms with Crippen molar-refractivity contribution in [1.82, 2.24) is 4.98 Å². The van der Waals surface area contributed by atoms with Crippen LogP contribution in [-0.2, 0) is 13.3 Å². The van der Waals surface area contributed by atoms with Gasteiger partial charge in [-0.1, -0.05) is 22.9 Å². The van der Waals surface area contributed by atoms with Crippen molar-refractivity contribution in [3.05, 3.63) is 24.3 Å². The van der Waals surface area contributed by atoms with Crippen molar-refractivity contribution >= 4 is 61.8 Å². The minimum atomic E-state index is -2.43. The Hall–Kier alpha value is 0.257. The SMILES string of the molecule is CO[Si](CCSSSc1nc2ccccc2s1)(OC)OC. The average molecular weight is 380 g/mol. The van der Waals surface area contributed by atoms with Crippen molar-refractivity contribution in [2.75, 3.05) is 27.1 Å². The van der Waals surface area contributed by atoms with Gasteiger partial charge in [0, 0.05) is 33.1 Å². The van der Waals surface area contributed by atoms with Gasteiger partial charge >= 0.3 is 8.80 Å². The molecule has 0 unspecified atom stereocenters. The topological polar surface area (TPSA) is 40.6 Å². The molecule has 1 aromatic carbocycles. The van der Waals surface area contributed by atoms with Crippen molar-refractivity contribution in [2.24, 2.45) is 0 Å². The first-order valence-corrected chi connectivity index (χ1v) is 12.6. The van der Waals surface area contributed by atoms with Gasteiger partial charge in [-0.15, -0.1) is 11.3 Å². The van der Waals surface area contributed by atoms with Crippen LogP contribution < -0.4 is 0 Å². The highest BCUT2D eigenvalue weighted by molar-refractivity contribution is 9.09. The van der Waals surface area contributed by atoms with Gasteiger partial charge in [0.15, 0.2) is 4.34 Å². The molecule has 0 saturated carbocycles. The number of nitrogens with zero attached hydrogens (tertiary/aromatic N) is 1. The summed E-state index contributed by atoms with van der Waals surface area (Å²) in [7, 11) is 7.71. The second-order valence-corrected chi connectivity index (χ2v) is 12.5. The number of hydrogen-bond acceptors (Lipinski definition) is 8. The molecule has 2 rings (SSSR count). The molecule has 0 N–H and O–H groups in total. The number of thiazole rings is 1. The van der Waals surface area contributed by atoms with E-state index in [-0.39, 0.29) is 0 Å². The largest absolute Gasteiger partial charge is 0.501 e. The van der Waals surface area contributed by atoms with E-state index in [1.165, 1.54) is 4.70 Å². The molecule has 0 amide bonds. The van der Waals surface area contributed by atoms with Gasteiger partial charge in [-0.3, -0.25) is 0 Å². The molecule has 0 atom stereocenters. The summed E-state index contributed by atoms with van der Waals surface area (Å²) in [6.45, 7) is 0. The van der Waals surface area contributed by atoms with E-state index < -0.39 is 8.80 Å². The van der Waals surface area contributed by atoms with E-state index in [2.05, 4.69) is 11.1 Å². The van der Waals surface area contributed by atoms with Crippen LogP contribution in [0.2, 0.25) is 6.04 Å². The smallest absolute Gasteiger partial charge is 0.377 e. The zero-order chi connectivity index (χ0) is 15.1. The van der Waals surface area contributed by atoms with Crippen molar-refractivity contribution in [3.63, 3.8) is 0 Å². The summed E-state index contributed by atoms with van der Waals surface area (Å²) in [4.78, 5) is 4.59. The Balaban J connectivity index is 1.74. The molecule has 116 valence electrons. The number of benzene rings is 1. The fourth-order valence-electron chi connectivity index (χ4n) is 1.70. The van der Waals surface area contributed by atoms with E-state index in [0.717, 1.165) is 21.7 Å². The second-order valence-electron chi connectivity index (χ2n) is 3.97. The molecule has 0 spiro atoms. The molecule has 2 aromatic rings. The highest BCUT2D eigenvalue weighted by Crippen LogP contribution is 2.43. The fourth-order valence-corrected chi connectivity index (χ4v) is 9.57. The zero-order valence-electron chi connectivity index (χ0n) is 12.0. The van der Waals surface area contributed by atoms with Crippen molar-refractivity contribution in [1.29, 1.82) is 0 Å². The summed E-state index contributed by atoms with van der Waals surface area (Å²) in [6.07, 6.45) is 0. The molecule has 0 aliphatic rings. The van der Waals surface area contributed by atoms with Crippen LogP contribution in [0.5, 0.6) is 0 Å². The molecule has 0 bridgehead atoms. The fraction of sp³-hybridized carbons (Fsp3) is 0.417. The van der Waals surface area contributed by atoms with Gasteiger partial charge in [-0.05, 0) is 32.8 Å². The lowest BCUT2D eigenvalue weighted by molar-refractivity contribution is 0.125. The van der Waals surface area contributed by atoms with Gasteiger partial charge in [0.25, 0.3) is 0 Å². The number of para-hydroxylation sites is 1. The maximum atomic E-state index is 5.40. The Morgan fingerprint density at radius 2 is 1.86 bits per heavy atom. The molecular weight excluding hydrogens is 362 g/mol. The number of hydrogen-bond donors (Lipinski definition) is 0. The Morgan fingerprint density at radius 3 is 2.52 bits per heavy atom.